The molecule has 0 heterocycles. The number of carboxylic acids is 1. The number of rotatable bonds is 9. The fourth-order valence-electron chi connectivity index (χ4n) is 3.24. The summed E-state index contributed by atoms with van der Waals surface area (Å²) in [4.78, 5) is 13.8. The minimum Gasteiger partial charge on any atom is -0.500 e. The number of allylic oxidation sites excluding steroid dienone is 1. The van der Waals surface area contributed by atoms with Crippen molar-refractivity contribution >= 4 is 17.2 Å². The van der Waals surface area contributed by atoms with E-state index in [4.69, 9.17) is 9.47 Å². The highest BCUT2D eigenvalue weighted by Gasteiger charge is 2.23. The molecule has 1 N–H and O–H groups in total. The standard InChI is InChI=1S/C23H26FNO4/c1-15(28-3)22(23(26)27)19-7-5-4-6-17(19)14-29-21-11-10-18(12-20(21)24)25(2)13-16-8-9-16/h4-7,10-12,16H,8-9,13-14H2,1-3H3,(H,26,27). The largest absolute Gasteiger partial charge is 0.500 e. The van der Waals surface area contributed by atoms with Crippen LogP contribution in [-0.4, -0.2) is 31.8 Å². The first kappa shape index (κ1) is 20.7. The summed E-state index contributed by atoms with van der Waals surface area (Å²) in [6, 6.07) is 11.9. The molecule has 0 atom stereocenters. The summed E-state index contributed by atoms with van der Waals surface area (Å²) in [5.74, 6) is -0.398. The van der Waals surface area contributed by atoms with Gasteiger partial charge >= 0.3 is 5.97 Å². The van der Waals surface area contributed by atoms with Crippen LogP contribution in [0.4, 0.5) is 10.1 Å². The van der Waals surface area contributed by atoms with E-state index >= 15 is 0 Å². The van der Waals surface area contributed by atoms with Gasteiger partial charge in [0.05, 0.1) is 7.11 Å². The molecule has 2 aromatic rings. The van der Waals surface area contributed by atoms with Crippen molar-refractivity contribution < 1.29 is 23.8 Å². The first-order chi connectivity index (χ1) is 13.9. The molecule has 0 aliphatic heterocycles. The predicted octanol–water partition coefficient (Wildman–Crippen LogP) is 4.71. The highest BCUT2D eigenvalue weighted by Crippen LogP contribution is 2.32. The number of methoxy groups -OCH3 is 1. The summed E-state index contributed by atoms with van der Waals surface area (Å²) in [5.41, 5.74) is 1.99. The minimum atomic E-state index is -1.09. The summed E-state index contributed by atoms with van der Waals surface area (Å²) in [6.07, 6.45) is 2.48. The maximum Gasteiger partial charge on any atom is 0.339 e. The number of nitrogens with zero attached hydrogens (tertiary/aromatic N) is 1. The van der Waals surface area contributed by atoms with E-state index in [0.29, 0.717) is 22.8 Å². The molecular formula is C23H26FNO4. The molecule has 1 aliphatic carbocycles. The van der Waals surface area contributed by atoms with Crippen LogP contribution in [0.15, 0.2) is 48.2 Å². The molecule has 3 rings (SSSR count). The van der Waals surface area contributed by atoms with Gasteiger partial charge in [0.25, 0.3) is 0 Å². The lowest BCUT2D eigenvalue weighted by Crippen LogP contribution is -2.20. The molecule has 0 aromatic heterocycles. The number of hydrogen-bond donors (Lipinski definition) is 1. The molecule has 0 radical (unpaired) electrons. The Morgan fingerprint density at radius 3 is 2.59 bits per heavy atom. The van der Waals surface area contributed by atoms with Crippen molar-refractivity contribution in [2.24, 2.45) is 5.92 Å². The number of carbonyl (C=O) groups is 1. The Bertz CT molecular complexity index is 921. The van der Waals surface area contributed by atoms with E-state index in [1.54, 1.807) is 37.3 Å². The van der Waals surface area contributed by atoms with Gasteiger partial charge in [0.1, 0.15) is 17.9 Å². The van der Waals surface area contributed by atoms with Gasteiger partial charge in [0, 0.05) is 25.3 Å². The lowest BCUT2D eigenvalue weighted by Gasteiger charge is -2.20. The summed E-state index contributed by atoms with van der Waals surface area (Å²) >= 11 is 0. The third-order valence-corrected chi connectivity index (χ3v) is 5.13. The van der Waals surface area contributed by atoms with E-state index < -0.39 is 11.8 Å². The van der Waals surface area contributed by atoms with Crippen LogP contribution < -0.4 is 9.64 Å². The van der Waals surface area contributed by atoms with Gasteiger partial charge in [-0.05, 0) is 48.9 Å². The molecule has 6 heteroatoms. The van der Waals surface area contributed by atoms with Crippen molar-refractivity contribution in [1.82, 2.24) is 0 Å². The zero-order valence-electron chi connectivity index (χ0n) is 16.9. The van der Waals surface area contributed by atoms with E-state index in [1.807, 2.05) is 13.1 Å². The average Bonchev–Trinajstić information content (AvgIpc) is 3.51. The predicted molar refractivity (Wildman–Crippen MR) is 110 cm³/mol. The second-order valence-corrected chi connectivity index (χ2v) is 7.32. The Morgan fingerprint density at radius 1 is 1.24 bits per heavy atom. The van der Waals surface area contributed by atoms with Gasteiger partial charge < -0.3 is 19.5 Å². The van der Waals surface area contributed by atoms with Gasteiger partial charge in [0.2, 0.25) is 0 Å². The van der Waals surface area contributed by atoms with Crippen LogP contribution in [0, 0.1) is 11.7 Å². The van der Waals surface area contributed by atoms with Gasteiger partial charge in [-0.2, -0.15) is 0 Å². The van der Waals surface area contributed by atoms with Crippen LogP contribution in [-0.2, 0) is 16.1 Å². The smallest absolute Gasteiger partial charge is 0.339 e. The molecule has 29 heavy (non-hydrogen) atoms. The third kappa shape index (κ3) is 5.08. The van der Waals surface area contributed by atoms with Gasteiger partial charge in [-0.15, -0.1) is 0 Å². The summed E-state index contributed by atoms with van der Waals surface area (Å²) < 4.78 is 25.4. The maximum atomic E-state index is 14.6. The quantitative estimate of drug-likeness (QED) is 0.489. The maximum absolute atomic E-state index is 14.6. The molecule has 1 aliphatic rings. The Kier molecular flexibility index (Phi) is 6.42. The fraction of sp³-hybridized carbons (Fsp3) is 0.348. The van der Waals surface area contributed by atoms with Gasteiger partial charge in [-0.25, -0.2) is 9.18 Å². The number of carboxylic acid groups (broad SMARTS) is 1. The average molecular weight is 399 g/mol. The van der Waals surface area contributed by atoms with Crippen molar-refractivity contribution in [1.29, 1.82) is 0 Å². The Balaban J connectivity index is 1.77. The van der Waals surface area contributed by atoms with E-state index in [9.17, 15) is 14.3 Å². The van der Waals surface area contributed by atoms with Gasteiger partial charge in [0.15, 0.2) is 11.6 Å². The van der Waals surface area contributed by atoms with Crippen LogP contribution in [0.5, 0.6) is 5.75 Å². The SMILES string of the molecule is COC(C)=C(C(=O)O)c1ccccc1COc1ccc(N(C)CC2CC2)cc1F. The number of hydrogen-bond acceptors (Lipinski definition) is 4. The first-order valence-electron chi connectivity index (χ1n) is 9.60. The van der Waals surface area contributed by atoms with Crippen LogP contribution in [0.25, 0.3) is 5.57 Å². The Morgan fingerprint density at radius 2 is 1.97 bits per heavy atom. The second-order valence-electron chi connectivity index (χ2n) is 7.32. The molecular weight excluding hydrogens is 373 g/mol. The van der Waals surface area contributed by atoms with E-state index in [0.717, 1.165) is 12.2 Å². The number of aliphatic carboxylic acids is 1. The number of benzene rings is 2. The monoisotopic (exact) mass is 399 g/mol. The fourth-order valence-corrected chi connectivity index (χ4v) is 3.24. The highest BCUT2D eigenvalue weighted by molar-refractivity contribution is 6.16. The number of anilines is 1. The summed E-state index contributed by atoms with van der Waals surface area (Å²) in [7, 11) is 3.39. The Labute approximate surface area is 170 Å². The zero-order chi connectivity index (χ0) is 21.0. The normalized spacial score (nSPS) is 14.2. The first-order valence-corrected chi connectivity index (χ1v) is 9.60. The number of ether oxygens (including phenoxy) is 2. The molecule has 2 aromatic carbocycles. The summed E-state index contributed by atoms with van der Waals surface area (Å²) in [6.45, 7) is 2.56. The minimum absolute atomic E-state index is 0.0398. The van der Waals surface area contributed by atoms with E-state index in [1.165, 1.54) is 26.0 Å². The molecule has 0 spiro atoms. The molecule has 154 valence electrons. The molecule has 0 bridgehead atoms. The molecule has 0 unspecified atom stereocenters. The van der Waals surface area contributed by atoms with Crippen molar-refractivity contribution in [3.8, 4) is 5.75 Å². The summed E-state index contributed by atoms with van der Waals surface area (Å²) in [5, 5.41) is 9.59. The highest BCUT2D eigenvalue weighted by atomic mass is 19.1. The third-order valence-electron chi connectivity index (χ3n) is 5.13. The second kappa shape index (κ2) is 8.99. The van der Waals surface area contributed by atoms with Gasteiger partial charge in [-0.1, -0.05) is 24.3 Å². The van der Waals surface area contributed by atoms with Crippen molar-refractivity contribution in [3.63, 3.8) is 0 Å². The number of halogens is 1. The molecule has 0 amide bonds. The van der Waals surface area contributed by atoms with Crippen LogP contribution in [0.2, 0.25) is 0 Å². The zero-order valence-corrected chi connectivity index (χ0v) is 16.9. The topological polar surface area (TPSA) is 59.0 Å². The molecule has 0 saturated heterocycles. The molecule has 5 nitrogen and oxygen atoms in total. The van der Waals surface area contributed by atoms with Crippen LogP contribution in [0.3, 0.4) is 0 Å². The lowest BCUT2D eigenvalue weighted by molar-refractivity contribution is -0.130. The van der Waals surface area contributed by atoms with E-state index in [-0.39, 0.29) is 17.9 Å². The van der Waals surface area contributed by atoms with Crippen molar-refractivity contribution in [3.05, 3.63) is 65.2 Å². The lowest BCUT2D eigenvalue weighted by atomic mass is 9.99. The Hall–Kier alpha value is -3.02. The van der Waals surface area contributed by atoms with Crippen molar-refractivity contribution in [2.45, 2.75) is 26.4 Å². The van der Waals surface area contributed by atoms with Crippen molar-refractivity contribution in [2.75, 3.05) is 25.6 Å². The van der Waals surface area contributed by atoms with Gasteiger partial charge in [-0.3, -0.25) is 0 Å². The molecule has 1 saturated carbocycles. The van der Waals surface area contributed by atoms with E-state index in [2.05, 4.69) is 4.90 Å². The van der Waals surface area contributed by atoms with Crippen LogP contribution in [0.1, 0.15) is 30.9 Å². The molecule has 1 fully saturated rings. The van der Waals surface area contributed by atoms with Crippen LogP contribution >= 0.6 is 0 Å².